The van der Waals surface area contributed by atoms with Gasteiger partial charge in [-0.15, -0.1) is 0 Å². The van der Waals surface area contributed by atoms with Crippen LogP contribution in [0.15, 0.2) is 36.9 Å². The molecule has 27 heavy (non-hydrogen) atoms. The van der Waals surface area contributed by atoms with Crippen molar-refractivity contribution in [1.29, 1.82) is 0 Å². The second-order valence-electron chi connectivity index (χ2n) is 6.80. The van der Waals surface area contributed by atoms with E-state index in [1.165, 1.54) is 19.3 Å². The van der Waals surface area contributed by atoms with E-state index >= 15 is 0 Å². The molecule has 1 fully saturated rings. The van der Waals surface area contributed by atoms with E-state index in [0.717, 1.165) is 18.6 Å². The van der Waals surface area contributed by atoms with Crippen LogP contribution in [0.2, 0.25) is 10.0 Å². The molecule has 1 aliphatic heterocycles. The van der Waals surface area contributed by atoms with Crippen LogP contribution in [0.5, 0.6) is 0 Å². The number of unbranched alkanes of at least 4 members (excludes halogenated alkanes) is 3. The lowest BCUT2D eigenvalue weighted by molar-refractivity contribution is -0.191. The molecule has 1 saturated heterocycles. The Balaban J connectivity index is 1.67. The minimum absolute atomic E-state index is 0.147. The monoisotopic (exact) mass is 412 g/mol. The van der Waals surface area contributed by atoms with Crippen LogP contribution in [0.1, 0.15) is 38.2 Å². The zero-order valence-electron chi connectivity index (χ0n) is 15.6. The standard InChI is InChI=1S/C20H26Cl2N2O3/c1-2-3-4-5-10-25-12-17-13-26-20(27-17,14-24-9-8-23-15-24)18-7-6-16(21)11-19(18)22/h6-9,11,15,17H,2-5,10,12-14H2,1H3/t17-,20-/m1/s1. The summed E-state index contributed by atoms with van der Waals surface area (Å²) >= 11 is 12.5. The molecule has 148 valence electrons. The molecular weight excluding hydrogens is 387 g/mol. The smallest absolute Gasteiger partial charge is 0.215 e. The van der Waals surface area contributed by atoms with E-state index < -0.39 is 5.79 Å². The van der Waals surface area contributed by atoms with E-state index in [2.05, 4.69) is 11.9 Å². The number of rotatable bonds is 10. The highest BCUT2D eigenvalue weighted by Gasteiger charge is 2.45. The lowest BCUT2D eigenvalue weighted by atomic mass is 10.1. The van der Waals surface area contributed by atoms with Crippen molar-refractivity contribution >= 4 is 23.2 Å². The second-order valence-corrected chi connectivity index (χ2v) is 7.64. The molecule has 0 radical (unpaired) electrons. The Morgan fingerprint density at radius 3 is 2.93 bits per heavy atom. The molecule has 0 amide bonds. The van der Waals surface area contributed by atoms with Gasteiger partial charge in [-0.2, -0.15) is 0 Å². The van der Waals surface area contributed by atoms with Crippen LogP contribution < -0.4 is 0 Å². The number of ether oxygens (including phenoxy) is 3. The second kappa shape index (κ2) is 9.89. The Morgan fingerprint density at radius 1 is 1.30 bits per heavy atom. The van der Waals surface area contributed by atoms with Crippen molar-refractivity contribution in [2.45, 2.75) is 51.0 Å². The van der Waals surface area contributed by atoms with Gasteiger partial charge in [0.15, 0.2) is 0 Å². The van der Waals surface area contributed by atoms with Gasteiger partial charge in [0.1, 0.15) is 6.10 Å². The molecule has 0 saturated carbocycles. The Kier molecular flexibility index (Phi) is 7.56. The normalized spacial score (nSPS) is 22.4. The van der Waals surface area contributed by atoms with Gasteiger partial charge in [-0.3, -0.25) is 0 Å². The molecule has 2 heterocycles. The lowest BCUT2D eigenvalue weighted by Gasteiger charge is -2.30. The van der Waals surface area contributed by atoms with Gasteiger partial charge in [0.25, 0.3) is 0 Å². The first kappa shape index (κ1) is 20.6. The Hall–Kier alpha value is -1.11. The molecule has 0 unspecified atom stereocenters. The van der Waals surface area contributed by atoms with Gasteiger partial charge in [-0.1, -0.05) is 55.5 Å². The molecular formula is C20H26Cl2N2O3. The molecule has 2 atom stereocenters. The van der Waals surface area contributed by atoms with Crippen LogP contribution in [0.3, 0.4) is 0 Å². The maximum absolute atomic E-state index is 6.46. The van der Waals surface area contributed by atoms with Crippen molar-refractivity contribution < 1.29 is 14.2 Å². The summed E-state index contributed by atoms with van der Waals surface area (Å²) in [5, 5.41) is 1.09. The maximum atomic E-state index is 6.46. The Labute approximate surface area is 170 Å². The number of hydrogen-bond donors (Lipinski definition) is 0. The highest BCUT2D eigenvalue weighted by Crippen LogP contribution is 2.40. The predicted octanol–water partition coefficient (Wildman–Crippen LogP) is 5.06. The SMILES string of the molecule is CCCCCCOC[C@@H]1CO[C@@](Cn2ccnc2)(c2ccc(Cl)cc2Cl)O1. The molecule has 0 N–H and O–H groups in total. The topological polar surface area (TPSA) is 45.5 Å². The fourth-order valence-electron chi connectivity index (χ4n) is 3.22. The highest BCUT2D eigenvalue weighted by atomic mass is 35.5. The van der Waals surface area contributed by atoms with Crippen LogP contribution in [-0.4, -0.2) is 35.5 Å². The zero-order chi connectivity index (χ0) is 19.1. The summed E-state index contributed by atoms with van der Waals surface area (Å²) in [6.07, 6.45) is 9.92. The Bertz CT molecular complexity index is 711. The van der Waals surface area contributed by atoms with Crippen molar-refractivity contribution in [2.75, 3.05) is 19.8 Å². The molecule has 0 spiro atoms. The van der Waals surface area contributed by atoms with E-state index in [-0.39, 0.29) is 6.10 Å². The van der Waals surface area contributed by atoms with Gasteiger partial charge >= 0.3 is 0 Å². The fourth-order valence-corrected chi connectivity index (χ4v) is 3.77. The number of aromatic nitrogens is 2. The number of imidazole rings is 1. The van der Waals surface area contributed by atoms with Crippen LogP contribution in [0.4, 0.5) is 0 Å². The molecule has 5 nitrogen and oxygen atoms in total. The van der Waals surface area contributed by atoms with Gasteiger partial charge in [0, 0.05) is 29.6 Å². The lowest BCUT2D eigenvalue weighted by Crippen LogP contribution is -2.34. The van der Waals surface area contributed by atoms with Crippen LogP contribution >= 0.6 is 23.2 Å². The summed E-state index contributed by atoms with van der Waals surface area (Å²) in [6.45, 7) is 4.34. The number of halogens is 2. The Morgan fingerprint density at radius 2 is 2.19 bits per heavy atom. The van der Waals surface area contributed by atoms with E-state index in [1.54, 1.807) is 24.7 Å². The van der Waals surface area contributed by atoms with Gasteiger partial charge < -0.3 is 18.8 Å². The van der Waals surface area contributed by atoms with Crippen LogP contribution in [0.25, 0.3) is 0 Å². The predicted molar refractivity (Wildman–Crippen MR) is 106 cm³/mol. The molecule has 1 aromatic heterocycles. The van der Waals surface area contributed by atoms with Crippen molar-refractivity contribution in [3.63, 3.8) is 0 Å². The molecule has 0 bridgehead atoms. The van der Waals surface area contributed by atoms with Gasteiger partial charge in [0.05, 0.1) is 31.1 Å². The highest BCUT2D eigenvalue weighted by molar-refractivity contribution is 6.35. The van der Waals surface area contributed by atoms with Gasteiger partial charge in [0.2, 0.25) is 5.79 Å². The van der Waals surface area contributed by atoms with Crippen LogP contribution in [-0.2, 0) is 26.5 Å². The molecule has 0 aliphatic carbocycles. The average Bonchev–Trinajstić information content (AvgIpc) is 3.29. The fraction of sp³-hybridized carbons (Fsp3) is 0.550. The van der Waals surface area contributed by atoms with Crippen molar-refractivity contribution in [2.24, 2.45) is 0 Å². The maximum Gasteiger partial charge on any atom is 0.215 e. The largest absolute Gasteiger partial charge is 0.379 e. The zero-order valence-corrected chi connectivity index (χ0v) is 17.1. The quantitative estimate of drug-likeness (QED) is 0.511. The molecule has 2 aromatic rings. The minimum Gasteiger partial charge on any atom is -0.379 e. The third-order valence-electron chi connectivity index (χ3n) is 4.60. The van der Waals surface area contributed by atoms with Gasteiger partial charge in [-0.25, -0.2) is 4.98 Å². The first-order valence-corrected chi connectivity index (χ1v) is 10.2. The average molecular weight is 413 g/mol. The first-order chi connectivity index (χ1) is 13.1. The minimum atomic E-state index is -0.987. The summed E-state index contributed by atoms with van der Waals surface area (Å²) in [5.74, 6) is -0.987. The summed E-state index contributed by atoms with van der Waals surface area (Å²) < 4.78 is 20.2. The van der Waals surface area contributed by atoms with Crippen molar-refractivity contribution in [3.05, 3.63) is 52.5 Å². The van der Waals surface area contributed by atoms with Crippen LogP contribution in [0, 0.1) is 0 Å². The number of benzene rings is 1. The van der Waals surface area contributed by atoms with E-state index in [4.69, 9.17) is 37.4 Å². The molecule has 3 rings (SSSR count). The molecule has 7 heteroatoms. The summed E-state index contributed by atoms with van der Waals surface area (Å²) in [5.41, 5.74) is 0.757. The third kappa shape index (κ3) is 5.46. The first-order valence-electron chi connectivity index (χ1n) is 9.44. The van der Waals surface area contributed by atoms with E-state index in [9.17, 15) is 0 Å². The summed E-state index contributed by atoms with van der Waals surface area (Å²) in [6, 6.07) is 5.36. The van der Waals surface area contributed by atoms with Crippen molar-refractivity contribution in [1.82, 2.24) is 9.55 Å². The van der Waals surface area contributed by atoms with Crippen molar-refractivity contribution in [3.8, 4) is 0 Å². The molecule has 1 aliphatic rings. The third-order valence-corrected chi connectivity index (χ3v) is 5.14. The summed E-state index contributed by atoms with van der Waals surface area (Å²) in [7, 11) is 0. The van der Waals surface area contributed by atoms with E-state index in [1.807, 2.05) is 16.8 Å². The molecule has 1 aromatic carbocycles. The number of nitrogens with zero attached hydrogens (tertiary/aromatic N) is 2. The van der Waals surface area contributed by atoms with E-state index in [0.29, 0.717) is 29.8 Å². The summed E-state index contributed by atoms with van der Waals surface area (Å²) in [4.78, 5) is 4.10. The number of hydrogen-bond acceptors (Lipinski definition) is 4. The van der Waals surface area contributed by atoms with Gasteiger partial charge in [-0.05, 0) is 18.6 Å².